The second kappa shape index (κ2) is 8.66. The van der Waals surface area contributed by atoms with E-state index in [0.717, 1.165) is 0 Å². The lowest BCUT2D eigenvalue weighted by atomic mass is 9.75. The predicted molar refractivity (Wildman–Crippen MR) is 94.4 cm³/mol. The van der Waals surface area contributed by atoms with E-state index in [1.807, 2.05) is 0 Å². The van der Waals surface area contributed by atoms with Gasteiger partial charge in [0.1, 0.15) is 0 Å². The summed E-state index contributed by atoms with van der Waals surface area (Å²) in [7, 11) is -1.78. The molecular formula is C17H17BClNO5. The van der Waals surface area contributed by atoms with Gasteiger partial charge in [-0.15, -0.1) is 0 Å². The third kappa shape index (κ3) is 5.90. The van der Waals surface area contributed by atoms with E-state index in [9.17, 15) is 19.6 Å². The molecule has 0 aromatic heterocycles. The number of rotatable bonds is 7. The molecule has 1 amide bonds. The summed E-state index contributed by atoms with van der Waals surface area (Å²) in [4.78, 5) is 23.1. The van der Waals surface area contributed by atoms with E-state index in [2.05, 4.69) is 5.32 Å². The van der Waals surface area contributed by atoms with Gasteiger partial charge >= 0.3 is 13.1 Å². The first kappa shape index (κ1) is 19.0. The van der Waals surface area contributed by atoms with Crippen molar-refractivity contribution in [3.8, 4) is 0 Å². The van der Waals surface area contributed by atoms with Gasteiger partial charge in [-0.1, -0.05) is 35.9 Å². The quantitative estimate of drug-likeness (QED) is 0.557. The average molecular weight is 362 g/mol. The smallest absolute Gasteiger partial charge is 0.475 e. The van der Waals surface area contributed by atoms with Gasteiger partial charge in [-0.2, -0.15) is 0 Å². The summed E-state index contributed by atoms with van der Waals surface area (Å²) in [6.07, 6.45) is 0.124. The lowest BCUT2D eigenvalue weighted by Gasteiger charge is -2.18. The first-order valence-electron chi connectivity index (χ1n) is 7.57. The zero-order valence-corrected chi connectivity index (χ0v) is 14.0. The van der Waals surface area contributed by atoms with Crippen molar-refractivity contribution in [3.63, 3.8) is 0 Å². The Balaban J connectivity index is 2.04. The maximum Gasteiger partial charge on any atom is 0.475 e. The minimum atomic E-state index is -1.78. The molecule has 0 unspecified atom stereocenters. The fourth-order valence-corrected chi connectivity index (χ4v) is 2.62. The van der Waals surface area contributed by atoms with Crippen LogP contribution < -0.4 is 5.32 Å². The number of carboxylic acids is 1. The van der Waals surface area contributed by atoms with E-state index in [0.29, 0.717) is 16.1 Å². The molecule has 2 rings (SSSR count). The third-order valence-corrected chi connectivity index (χ3v) is 3.82. The van der Waals surface area contributed by atoms with Crippen LogP contribution in [0.4, 0.5) is 0 Å². The summed E-state index contributed by atoms with van der Waals surface area (Å²) in [5, 5.41) is 31.1. The maximum atomic E-state index is 12.1. The van der Waals surface area contributed by atoms with Crippen LogP contribution in [0.15, 0.2) is 48.5 Å². The number of carboxylic acid groups (broad SMARTS) is 1. The first-order chi connectivity index (χ1) is 11.8. The van der Waals surface area contributed by atoms with Gasteiger partial charge in [-0.3, -0.25) is 4.79 Å². The highest BCUT2D eigenvalue weighted by Gasteiger charge is 2.25. The van der Waals surface area contributed by atoms with E-state index in [1.54, 1.807) is 36.4 Å². The van der Waals surface area contributed by atoms with Crippen LogP contribution in [-0.4, -0.2) is 40.1 Å². The number of amides is 1. The van der Waals surface area contributed by atoms with Crippen LogP contribution in [0.3, 0.4) is 0 Å². The fraction of sp³-hybridized carbons (Fsp3) is 0.176. The van der Waals surface area contributed by atoms with Crippen molar-refractivity contribution in [2.24, 2.45) is 0 Å². The van der Waals surface area contributed by atoms with Gasteiger partial charge in [-0.05, 0) is 41.8 Å². The molecule has 0 saturated carbocycles. The van der Waals surface area contributed by atoms with Crippen LogP contribution in [-0.2, 0) is 17.6 Å². The molecule has 0 bridgehead atoms. The minimum absolute atomic E-state index is 0.0406. The van der Waals surface area contributed by atoms with Crippen LogP contribution in [0.25, 0.3) is 0 Å². The minimum Gasteiger partial charge on any atom is -0.478 e. The first-order valence-corrected chi connectivity index (χ1v) is 7.95. The second-order valence-electron chi connectivity index (χ2n) is 5.60. The molecule has 6 nitrogen and oxygen atoms in total. The van der Waals surface area contributed by atoms with Crippen molar-refractivity contribution in [2.45, 2.75) is 18.8 Å². The second-order valence-corrected chi connectivity index (χ2v) is 6.04. The van der Waals surface area contributed by atoms with E-state index < -0.39 is 24.9 Å². The Morgan fingerprint density at radius 3 is 2.40 bits per heavy atom. The number of aromatic carboxylic acids is 1. The molecule has 130 valence electrons. The van der Waals surface area contributed by atoms with Crippen molar-refractivity contribution in [1.29, 1.82) is 0 Å². The summed E-state index contributed by atoms with van der Waals surface area (Å²) < 4.78 is 0. The summed E-state index contributed by atoms with van der Waals surface area (Å²) >= 11 is 5.87. The maximum absolute atomic E-state index is 12.1. The van der Waals surface area contributed by atoms with Gasteiger partial charge in [0, 0.05) is 5.02 Å². The lowest BCUT2D eigenvalue weighted by molar-refractivity contribution is -0.120. The van der Waals surface area contributed by atoms with Gasteiger partial charge in [0.15, 0.2) is 0 Å². The molecule has 25 heavy (non-hydrogen) atoms. The summed E-state index contributed by atoms with van der Waals surface area (Å²) in [6.45, 7) is 0. The topological polar surface area (TPSA) is 107 Å². The summed E-state index contributed by atoms with van der Waals surface area (Å²) in [6, 6.07) is 12.9. The van der Waals surface area contributed by atoms with Crippen LogP contribution in [0.2, 0.25) is 5.02 Å². The molecule has 0 aliphatic carbocycles. The van der Waals surface area contributed by atoms with Crippen molar-refractivity contribution < 1.29 is 24.7 Å². The van der Waals surface area contributed by atoms with E-state index >= 15 is 0 Å². The molecule has 0 radical (unpaired) electrons. The SMILES string of the molecule is O=C(Cc1cccc(Cl)c1)N[C@@H](Cc1cccc(C(=O)O)c1)B(O)O. The Kier molecular flexibility index (Phi) is 6.58. The number of carbonyl (C=O) groups excluding carboxylic acids is 1. The van der Waals surface area contributed by atoms with Crippen molar-refractivity contribution >= 4 is 30.6 Å². The van der Waals surface area contributed by atoms with Crippen molar-refractivity contribution in [1.82, 2.24) is 5.32 Å². The molecule has 0 aliphatic rings. The zero-order chi connectivity index (χ0) is 18.4. The molecule has 2 aromatic rings. The third-order valence-electron chi connectivity index (χ3n) is 3.59. The summed E-state index contributed by atoms with van der Waals surface area (Å²) in [5.74, 6) is -2.43. The highest BCUT2D eigenvalue weighted by molar-refractivity contribution is 6.43. The molecule has 0 saturated heterocycles. The highest BCUT2D eigenvalue weighted by atomic mass is 35.5. The largest absolute Gasteiger partial charge is 0.478 e. The Bertz CT molecular complexity index is 768. The number of nitrogens with one attached hydrogen (secondary N) is 1. The van der Waals surface area contributed by atoms with Gasteiger partial charge < -0.3 is 20.5 Å². The number of halogens is 1. The molecule has 2 aromatic carbocycles. The molecule has 0 aliphatic heterocycles. The highest BCUT2D eigenvalue weighted by Crippen LogP contribution is 2.12. The number of benzene rings is 2. The molecule has 0 spiro atoms. The standard InChI is InChI=1S/C17H17BClNO5/c19-14-6-2-4-12(8-14)10-16(21)20-15(18(24)25)9-11-3-1-5-13(7-11)17(22)23/h1-8,15,24-25H,9-10H2,(H,20,21)(H,22,23)/t15-/m0/s1. The lowest BCUT2D eigenvalue weighted by Crippen LogP contribution is -2.48. The van der Waals surface area contributed by atoms with Crippen LogP contribution in [0, 0.1) is 0 Å². The molecule has 0 fully saturated rings. The Labute approximate surface area is 150 Å². The van der Waals surface area contributed by atoms with Crippen molar-refractivity contribution in [3.05, 3.63) is 70.2 Å². The normalized spacial score (nSPS) is 11.6. The monoisotopic (exact) mass is 361 g/mol. The number of hydrogen-bond donors (Lipinski definition) is 4. The fourth-order valence-electron chi connectivity index (χ4n) is 2.41. The molecular weight excluding hydrogens is 344 g/mol. The summed E-state index contributed by atoms with van der Waals surface area (Å²) in [5.41, 5.74) is 1.36. The van der Waals surface area contributed by atoms with Crippen LogP contribution in [0.1, 0.15) is 21.5 Å². The molecule has 0 heterocycles. The van der Waals surface area contributed by atoms with Gasteiger partial charge in [0.2, 0.25) is 5.91 Å². The molecule has 4 N–H and O–H groups in total. The zero-order valence-electron chi connectivity index (χ0n) is 13.2. The van der Waals surface area contributed by atoms with E-state index in [4.69, 9.17) is 16.7 Å². The van der Waals surface area contributed by atoms with Gasteiger partial charge in [0.05, 0.1) is 17.9 Å². The average Bonchev–Trinajstić information content (AvgIpc) is 2.54. The molecule has 1 atom stereocenters. The van der Waals surface area contributed by atoms with E-state index in [1.165, 1.54) is 12.1 Å². The van der Waals surface area contributed by atoms with E-state index in [-0.39, 0.29) is 18.4 Å². The van der Waals surface area contributed by atoms with Gasteiger partial charge in [0.25, 0.3) is 0 Å². The van der Waals surface area contributed by atoms with Crippen molar-refractivity contribution in [2.75, 3.05) is 0 Å². The van der Waals surface area contributed by atoms with Crippen LogP contribution >= 0.6 is 11.6 Å². The Hall–Kier alpha value is -2.35. The molecule has 8 heteroatoms. The van der Waals surface area contributed by atoms with Gasteiger partial charge in [-0.25, -0.2) is 4.79 Å². The number of carbonyl (C=O) groups is 2. The number of hydrogen-bond acceptors (Lipinski definition) is 4. The van der Waals surface area contributed by atoms with Crippen LogP contribution in [0.5, 0.6) is 0 Å². The Morgan fingerprint density at radius 1 is 1.08 bits per heavy atom. The predicted octanol–water partition coefficient (Wildman–Crippen LogP) is 1.32. The Morgan fingerprint density at radius 2 is 1.76 bits per heavy atom.